The van der Waals surface area contributed by atoms with Gasteiger partial charge >= 0.3 is 0 Å². The summed E-state index contributed by atoms with van der Waals surface area (Å²) in [5.41, 5.74) is 2.99. The molecule has 3 aromatic rings. The second-order valence-electron chi connectivity index (χ2n) is 5.63. The number of H-pyrrole nitrogens is 1. The molecule has 0 spiro atoms. The van der Waals surface area contributed by atoms with Crippen LogP contribution in [0, 0.1) is 0 Å². The molecule has 0 bridgehead atoms. The zero-order chi connectivity index (χ0) is 17.4. The van der Waals surface area contributed by atoms with Crippen LogP contribution in [0.4, 0.5) is 11.4 Å². The maximum atomic E-state index is 12.9. The van der Waals surface area contributed by atoms with Crippen LogP contribution in [0.15, 0.2) is 54.6 Å². The minimum atomic E-state index is -0.317. The first kappa shape index (κ1) is 15.4. The molecule has 0 unspecified atom stereocenters. The van der Waals surface area contributed by atoms with E-state index in [1.165, 1.54) is 4.90 Å². The molecule has 6 nitrogen and oxygen atoms in total. The summed E-state index contributed by atoms with van der Waals surface area (Å²) >= 11 is 6.00. The molecule has 1 aliphatic heterocycles. The number of rotatable bonds is 2. The van der Waals surface area contributed by atoms with Gasteiger partial charge in [0.15, 0.2) is 0 Å². The molecule has 2 N–H and O–H groups in total. The Kier molecular flexibility index (Phi) is 3.74. The third-order valence-corrected chi connectivity index (χ3v) is 4.18. The van der Waals surface area contributed by atoms with E-state index in [4.69, 9.17) is 11.6 Å². The SMILES string of the molecule is O=C1CN(C(=O)c2cc(-c3cccc(Cl)c3)n[nH]2)c2ccccc2N1. The lowest BCUT2D eigenvalue weighted by Crippen LogP contribution is -2.42. The Labute approximate surface area is 148 Å². The highest BCUT2D eigenvalue weighted by atomic mass is 35.5. The van der Waals surface area contributed by atoms with Crippen LogP contribution in [0.3, 0.4) is 0 Å². The van der Waals surface area contributed by atoms with Crippen LogP contribution < -0.4 is 10.2 Å². The molecule has 2 amide bonds. The average molecular weight is 353 g/mol. The lowest BCUT2D eigenvalue weighted by atomic mass is 10.1. The maximum Gasteiger partial charge on any atom is 0.276 e. The fourth-order valence-corrected chi connectivity index (χ4v) is 2.98. The molecule has 1 aliphatic rings. The van der Waals surface area contributed by atoms with E-state index in [0.29, 0.717) is 27.8 Å². The number of nitrogens with one attached hydrogen (secondary N) is 2. The van der Waals surface area contributed by atoms with Crippen LogP contribution in [0.5, 0.6) is 0 Å². The number of anilines is 2. The lowest BCUT2D eigenvalue weighted by Gasteiger charge is -2.28. The number of carbonyl (C=O) groups excluding carboxylic acids is 2. The van der Waals surface area contributed by atoms with Gasteiger partial charge in [-0.1, -0.05) is 35.9 Å². The van der Waals surface area contributed by atoms with Crippen molar-refractivity contribution in [3.05, 3.63) is 65.3 Å². The van der Waals surface area contributed by atoms with Gasteiger partial charge in [-0.05, 0) is 30.3 Å². The van der Waals surface area contributed by atoms with Crippen molar-refractivity contribution in [1.82, 2.24) is 10.2 Å². The Morgan fingerprint density at radius 2 is 1.96 bits per heavy atom. The zero-order valence-corrected chi connectivity index (χ0v) is 13.7. The summed E-state index contributed by atoms with van der Waals surface area (Å²) in [4.78, 5) is 26.2. The number of nitrogens with zero attached hydrogens (tertiary/aromatic N) is 2. The van der Waals surface area contributed by atoms with E-state index in [2.05, 4.69) is 15.5 Å². The number of fused-ring (bicyclic) bond motifs is 1. The van der Waals surface area contributed by atoms with Gasteiger partial charge in [0, 0.05) is 10.6 Å². The summed E-state index contributed by atoms with van der Waals surface area (Å²) in [6, 6.07) is 16.1. The predicted molar refractivity (Wildman–Crippen MR) is 95.8 cm³/mol. The number of para-hydroxylation sites is 2. The molecular formula is C18H13ClN4O2. The minimum absolute atomic E-state index is 0.0403. The highest BCUT2D eigenvalue weighted by molar-refractivity contribution is 6.30. The van der Waals surface area contributed by atoms with E-state index in [1.807, 2.05) is 18.2 Å². The zero-order valence-electron chi connectivity index (χ0n) is 13.0. The van der Waals surface area contributed by atoms with Gasteiger partial charge in [0.25, 0.3) is 5.91 Å². The molecule has 2 heterocycles. The van der Waals surface area contributed by atoms with Crippen molar-refractivity contribution in [2.24, 2.45) is 0 Å². The number of halogens is 1. The van der Waals surface area contributed by atoms with Crippen molar-refractivity contribution in [1.29, 1.82) is 0 Å². The summed E-state index contributed by atoms with van der Waals surface area (Å²) < 4.78 is 0. The fourth-order valence-electron chi connectivity index (χ4n) is 2.79. The van der Waals surface area contributed by atoms with Gasteiger partial charge in [0.1, 0.15) is 12.2 Å². The molecule has 1 aromatic heterocycles. The second-order valence-corrected chi connectivity index (χ2v) is 6.07. The number of aromatic amines is 1. The van der Waals surface area contributed by atoms with Crippen LogP contribution in [-0.4, -0.2) is 28.6 Å². The first-order valence-corrected chi connectivity index (χ1v) is 8.02. The molecular weight excluding hydrogens is 340 g/mol. The molecule has 124 valence electrons. The third kappa shape index (κ3) is 2.88. The highest BCUT2D eigenvalue weighted by Crippen LogP contribution is 2.30. The Hall–Kier alpha value is -3.12. The summed E-state index contributed by atoms with van der Waals surface area (Å²) in [5, 5.41) is 10.3. The molecule has 0 radical (unpaired) electrons. The van der Waals surface area contributed by atoms with Crippen molar-refractivity contribution < 1.29 is 9.59 Å². The predicted octanol–water partition coefficient (Wildman–Crippen LogP) is 3.33. The number of benzene rings is 2. The highest BCUT2D eigenvalue weighted by Gasteiger charge is 2.28. The summed E-state index contributed by atoms with van der Waals surface area (Å²) in [5.74, 6) is -0.551. The summed E-state index contributed by atoms with van der Waals surface area (Å²) in [6.45, 7) is -0.0403. The Morgan fingerprint density at radius 3 is 2.80 bits per heavy atom. The number of amides is 2. The second kappa shape index (κ2) is 6.07. The van der Waals surface area contributed by atoms with Crippen LogP contribution in [0.2, 0.25) is 5.02 Å². The molecule has 0 aliphatic carbocycles. The molecule has 0 atom stereocenters. The molecule has 0 saturated carbocycles. The van der Waals surface area contributed by atoms with Gasteiger partial charge < -0.3 is 5.32 Å². The van der Waals surface area contributed by atoms with Gasteiger partial charge in [-0.15, -0.1) is 0 Å². The van der Waals surface area contributed by atoms with Gasteiger partial charge in [-0.3, -0.25) is 19.6 Å². The van der Waals surface area contributed by atoms with Crippen LogP contribution in [0.25, 0.3) is 11.3 Å². The first-order valence-electron chi connectivity index (χ1n) is 7.64. The normalized spacial score (nSPS) is 13.3. The van der Waals surface area contributed by atoms with Gasteiger partial charge in [-0.2, -0.15) is 5.10 Å². The van der Waals surface area contributed by atoms with Gasteiger partial charge in [0.2, 0.25) is 5.91 Å². The molecule has 7 heteroatoms. The van der Waals surface area contributed by atoms with Gasteiger partial charge in [-0.25, -0.2) is 0 Å². The van der Waals surface area contributed by atoms with Crippen LogP contribution in [0.1, 0.15) is 10.5 Å². The molecule has 0 fully saturated rings. The van der Waals surface area contributed by atoms with Gasteiger partial charge in [0.05, 0.1) is 17.1 Å². The van der Waals surface area contributed by atoms with Crippen molar-refractivity contribution in [3.63, 3.8) is 0 Å². The molecule has 2 aromatic carbocycles. The fraction of sp³-hybridized carbons (Fsp3) is 0.0556. The molecule has 0 saturated heterocycles. The Balaban J connectivity index is 1.67. The van der Waals surface area contributed by atoms with E-state index >= 15 is 0 Å². The largest absolute Gasteiger partial charge is 0.323 e. The van der Waals surface area contributed by atoms with Crippen molar-refractivity contribution in [2.75, 3.05) is 16.8 Å². The van der Waals surface area contributed by atoms with E-state index in [1.54, 1.807) is 36.4 Å². The Morgan fingerprint density at radius 1 is 1.12 bits per heavy atom. The minimum Gasteiger partial charge on any atom is -0.323 e. The van der Waals surface area contributed by atoms with Crippen LogP contribution in [-0.2, 0) is 4.79 Å². The van der Waals surface area contributed by atoms with Crippen LogP contribution >= 0.6 is 11.6 Å². The third-order valence-electron chi connectivity index (χ3n) is 3.94. The van der Waals surface area contributed by atoms with Crippen molar-refractivity contribution in [2.45, 2.75) is 0 Å². The lowest BCUT2D eigenvalue weighted by molar-refractivity contribution is -0.115. The number of aromatic nitrogens is 2. The monoisotopic (exact) mass is 352 g/mol. The van der Waals surface area contributed by atoms with Crippen molar-refractivity contribution in [3.8, 4) is 11.3 Å². The molecule has 25 heavy (non-hydrogen) atoms. The Bertz CT molecular complexity index is 982. The smallest absolute Gasteiger partial charge is 0.276 e. The molecule has 4 rings (SSSR count). The standard InChI is InChI=1S/C18H13ClN4O2/c19-12-5-3-4-11(8-12)14-9-15(22-21-14)18(25)23-10-17(24)20-13-6-1-2-7-16(13)23/h1-9H,10H2,(H,20,24)(H,21,22). The number of carbonyl (C=O) groups is 2. The summed E-state index contributed by atoms with van der Waals surface area (Å²) in [6.07, 6.45) is 0. The maximum absolute atomic E-state index is 12.9. The first-order chi connectivity index (χ1) is 12.1. The van der Waals surface area contributed by atoms with E-state index < -0.39 is 0 Å². The van der Waals surface area contributed by atoms with E-state index in [9.17, 15) is 9.59 Å². The topological polar surface area (TPSA) is 78.1 Å². The van der Waals surface area contributed by atoms with Crippen molar-refractivity contribution >= 4 is 34.8 Å². The average Bonchev–Trinajstić information content (AvgIpc) is 3.10. The van der Waals surface area contributed by atoms with E-state index in [-0.39, 0.29) is 18.4 Å². The summed E-state index contributed by atoms with van der Waals surface area (Å²) in [7, 11) is 0. The number of hydrogen-bond donors (Lipinski definition) is 2. The number of hydrogen-bond acceptors (Lipinski definition) is 3. The quantitative estimate of drug-likeness (QED) is 0.742. The van der Waals surface area contributed by atoms with E-state index in [0.717, 1.165) is 5.56 Å².